The quantitative estimate of drug-likeness (QED) is 0.296. The average molecular weight is 320 g/mol. The van der Waals surface area contributed by atoms with Crippen LogP contribution in [0, 0.1) is 17.8 Å². The zero-order chi connectivity index (χ0) is 17.3. The summed E-state index contributed by atoms with van der Waals surface area (Å²) >= 11 is 0. The van der Waals surface area contributed by atoms with Crippen LogP contribution in [0.15, 0.2) is 24.8 Å². The zero-order valence-electron chi connectivity index (χ0n) is 14.7. The number of unbranched alkanes of at least 4 members (excludes halogenated alkanes) is 3. The standard InChI is InChI=1S/C20H32O3/c1-4-5-6-12-15-18(2)16-13-10-8-7-9-11-14-17-19(23-3)20(21)22/h4,7-8,18-19H,1,5-6,10,12-17H2,2-3H3,(H,21,22)/b8-7-. The second-order valence-electron chi connectivity index (χ2n) is 5.93. The molecule has 0 bridgehead atoms. The van der Waals surface area contributed by atoms with Gasteiger partial charge in [0.2, 0.25) is 0 Å². The minimum absolute atomic E-state index is 0.427. The maximum Gasteiger partial charge on any atom is 0.332 e. The number of allylic oxidation sites excluding steroid dienone is 3. The first-order valence-electron chi connectivity index (χ1n) is 8.61. The van der Waals surface area contributed by atoms with Gasteiger partial charge in [-0.05, 0) is 44.1 Å². The number of methoxy groups -OCH3 is 1. The summed E-state index contributed by atoms with van der Waals surface area (Å²) in [5.74, 6) is 5.77. The van der Waals surface area contributed by atoms with E-state index in [4.69, 9.17) is 9.84 Å². The van der Waals surface area contributed by atoms with E-state index >= 15 is 0 Å². The highest BCUT2D eigenvalue weighted by Gasteiger charge is 2.14. The maximum atomic E-state index is 10.7. The summed E-state index contributed by atoms with van der Waals surface area (Å²) < 4.78 is 4.85. The first-order chi connectivity index (χ1) is 11.1. The SMILES string of the molecule is C=CCCCCC(C)CCC/C=C\C#CCCC(OC)C(=O)O. The van der Waals surface area contributed by atoms with E-state index in [1.165, 1.54) is 39.2 Å². The van der Waals surface area contributed by atoms with Crippen molar-refractivity contribution in [2.24, 2.45) is 5.92 Å². The van der Waals surface area contributed by atoms with Crippen molar-refractivity contribution in [3.05, 3.63) is 24.8 Å². The molecule has 0 rings (SSSR count). The van der Waals surface area contributed by atoms with Gasteiger partial charge in [-0.3, -0.25) is 0 Å². The topological polar surface area (TPSA) is 46.5 Å². The van der Waals surface area contributed by atoms with Crippen LogP contribution in [0.5, 0.6) is 0 Å². The van der Waals surface area contributed by atoms with Crippen molar-refractivity contribution in [2.75, 3.05) is 7.11 Å². The molecule has 2 atom stereocenters. The number of carbonyl (C=O) groups is 1. The van der Waals surface area contributed by atoms with Crippen molar-refractivity contribution in [2.45, 2.75) is 70.8 Å². The first kappa shape index (κ1) is 21.5. The normalized spacial score (nSPS) is 13.3. The molecule has 3 nitrogen and oxygen atoms in total. The van der Waals surface area contributed by atoms with E-state index in [2.05, 4.69) is 31.4 Å². The van der Waals surface area contributed by atoms with E-state index < -0.39 is 12.1 Å². The molecular formula is C20H32O3. The average Bonchev–Trinajstić information content (AvgIpc) is 2.53. The van der Waals surface area contributed by atoms with Gasteiger partial charge in [-0.1, -0.05) is 50.2 Å². The van der Waals surface area contributed by atoms with E-state index in [-0.39, 0.29) is 0 Å². The van der Waals surface area contributed by atoms with Gasteiger partial charge >= 0.3 is 5.97 Å². The number of rotatable bonds is 13. The Morgan fingerprint density at radius 1 is 1.22 bits per heavy atom. The lowest BCUT2D eigenvalue weighted by molar-refractivity contribution is -0.148. The molecule has 0 aromatic rings. The number of hydrogen-bond acceptors (Lipinski definition) is 2. The minimum atomic E-state index is -0.927. The fourth-order valence-corrected chi connectivity index (χ4v) is 2.33. The van der Waals surface area contributed by atoms with Gasteiger partial charge in [0.1, 0.15) is 0 Å². The molecule has 0 heterocycles. The largest absolute Gasteiger partial charge is 0.479 e. The Morgan fingerprint density at radius 2 is 1.96 bits per heavy atom. The molecule has 0 saturated carbocycles. The van der Waals surface area contributed by atoms with Crippen molar-refractivity contribution in [3.63, 3.8) is 0 Å². The molecule has 0 aliphatic heterocycles. The van der Waals surface area contributed by atoms with Crippen LogP contribution in [0.1, 0.15) is 64.7 Å². The van der Waals surface area contributed by atoms with Gasteiger partial charge in [-0.2, -0.15) is 0 Å². The van der Waals surface area contributed by atoms with Crippen LogP contribution in [0.3, 0.4) is 0 Å². The molecule has 0 radical (unpaired) electrons. The van der Waals surface area contributed by atoms with Gasteiger partial charge < -0.3 is 9.84 Å². The second-order valence-corrected chi connectivity index (χ2v) is 5.93. The van der Waals surface area contributed by atoms with Crippen molar-refractivity contribution in [1.82, 2.24) is 0 Å². The highest BCUT2D eigenvalue weighted by molar-refractivity contribution is 5.72. The van der Waals surface area contributed by atoms with E-state index in [1.807, 2.05) is 12.2 Å². The molecule has 2 unspecified atom stereocenters. The third kappa shape index (κ3) is 13.8. The molecule has 0 aromatic carbocycles. The second kappa shape index (κ2) is 15.4. The summed E-state index contributed by atoms with van der Waals surface area (Å²) in [5.41, 5.74) is 0. The van der Waals surface area contributed by atoms with Gasteiger partial charge in [-0.15, -0.1) is 6.58 Å². The Balaban J connectivity index is 3.62. The molecule has 0 spiro atoms. The van der Waals surface area contributed by atoms with Crippen molar-refractivity contribution in [1.29, 1.82) is 0 Å². The Hall–Kier alpha value is -1.53. The van der Waals surface area contributed by atoms with Gasteiger partial charge in [0.05, 0.1) is 0 Å². The van der Waals surface area contributed by atoms with Crippen molar-refractivity contribution < 1.29 is 14.6 Å². The molecule has 23 heavy (non-hydrogen) atoms. The third-order valence-electron chi connectivity index (χ3n) is 3.82. The van der Waals surface area contributed by atoms with E-state index in [9.17, 15) is 4.79 Å². The summed E-state index contributed by atoms with van der Waals surface area (Å²) in [6, 6.07) is 0. The number of ether oxygens (including phenoxy) is 1. The Kier molecular flexibility index (Phi) is 14.3. The lowest BCUT2D eigenvalue weighted by Gasteiger charge is -2.09. The molecule has 1 N–H and O–H groups in total. The van der Waals surface area contributed by atoms with Gasteiger partial charge in [0.15, 0.2) is 6.10 Å². The lowest BCUT2D eigenvalue weighted by atomic mass is 9.97. The Labute approximate surface area is 141 Å². The number of hydrogen-bond donors (Lipinski definition) is 1. The monoisotopic (exact) mass is 320 g/mol. The fourth-order valence-electron chi connectivity index (χ4n) is 2.33. The summed E-state index contributed by atoms with van der Waals surface area (Å²) in [6.07, 6.45) is 14.7. The number of carboxylic acid groups (broad SMARTS) is 1. The zero-order valence-corrected chi connectivity index (χ0v) is 14.7. The predicted octanol–water partition coefficient (Wildman–Crippen LogP) is 4.98. The fraction of sp³-hybridized carbons (Fsp3) is 0.650. The smallest absolute Gasteiger partial charge is 0.332 e. The van der Waals surface area contributed by atoms with Crippen LogP contribution < -0.4 is 0 Å². The molecular weight excluding hydrogens is 288 g/mol. The highest BCUT2D eigenvalue weighted by Crippen LogP contribution is 2.16. The van der Waals surface area contributed by atoms with Crippen LogP contribution in [0.2, 0.25) is 0 Å². The Morgan fingerprint density at radius 3 is 2.61 bits per heavy atom. The van der Waals surface area contributed by atoms with E-state index in [1.54, 1.807) is 0 Å². The molecule has 0 amide bonds. The molecule has 0 aromatic heterocycles. The molecule has 0 aliphatic carbocycles. The Bertz CT molecular complexity index is 401. The molecule has 0 fully saturated rings. The molecule has 130 valence electrons. The summed E-state index contributed by atoms with van der Waals surface area (Å²) in [6.45, 7) is 6.07. The first-order valence-corrected chi connectivity index (χ1v) is 8.61. The van der Waals surface area contributed by atoms with Crippen LogP contribution in [-0.2, 0) is 9.53 Å². The van der Waals surface area contributed by atoms with Crippen LogP contribution in [-0.4, -0.2) is 24.3 Å². The van der Waals surface area contributed by atoms with E-state index in [0.717, 1.165) is 18.8 Å². The minimum Gasteiger partial charge on any atom is -0.479 e. The van der Waals surface area contributed by atoms with E-state index in [0.29, 0.717) is 12.8 Å². The summed E-state index contributed by atoms with van der Waals surface area (Å²) in [7, 11) is 1.41. The third-order valence-corrected chi connectivity index (χ3v) is 3.82. The lowest BCUT2D eigenvalue weighted by Crippen LogP contribution is -2.21. The maximum absolute atomic E-state index is 10.7. The van der Waals surface area contributed by atoms with Crippen LogP contribution in [0.4, 0.5) is 0 Å². The molecule has 3 heteroatoms. The van der Waals surface area contributed by atoms with Crippen LogP contribution in [0.25, 0.3) is 0 Å². The number of aliphatic carboxylic acids is 1. The highest BCUT2D eigenvalue weighted by atomic mass is 16.5. The van der Waals surface area contributed by atoms with Crippen molar-refractivity contribution in [3.8, 4) is 11.8 Å². The van der Waals surface area contributed by atoms with Gasteiger partial charge in [0.25, 0.3) is 0 Å². The number of carboxylic acids is 1. The summed E-state index contributed by atoms with van der Waals surface area (Å²) in [5, 5.41) is 8.81. The van der Waals surface area contributed by atoms with Crippen molar-refractivity contribution >= 4 is 5.97 Å². The van der Waals surface area contributed by atoms with Crippen LogP contribution >= 0.6 is 0 Å². The summed E-state index contributed by atoms with van der Waals surface area (Å²) in [4.78, 5) is 10.7. The predicted molar refractivity (Wildman–Crippen MR) is 96.3 cm³/mol. The van der Waals surface area contributed by atoms with Gasteiger partial charge in [-0.25, -0.2) is 4.79 Å². The molecule has 0 aliphatic rings. The van der Waals surface area contributed by atoms with Gasteiger partial charge in [0, 0.05) is 13.5 Å². The molecule has 0 saturated heterocycles.